The van der Waals surface area contributed by atoms with E-state index in [-0.39, 0.29) is 0 Å². The fraction of sp³-hybridized carbons (Fsp3) is 0.200. The molecule has 0 fully saturated rings. The van der Waals surface area contributed by atoms with Gasteiger partial charge in [0, 0.05) is 29.7 Å². The van der Waals surface area contributed by atoms with Gasteiger partial charge in [-0.05, 0) is 13.8 Å². The van der Waals surface area contributed by atoms with Gasteiger partial charge in [-0.3, -0.25) is 0 Å². The maximum atomic E-state index is 8.43. The molecule has 0 spiro atoms. The molecule has 0 aromatic heterocycles. The smallest absolute Gasteiger partial charge is 0.144 e. The van der Waals surface area contributed by atoms with Crippen molar-refractivity contribution in [2.75, 3.05) is 0 Å². The topological polar surface area (TPSA) is 23.8 Å². The van der Waals surface area contributed by atoms with Crippen LogP contribution < -0.4 is 0 Å². The highest BCUT2D eigenvalue weighted by atomic mass is 14.2. The molecule has 1 aliphatic rings. The minimum Gasteiger partial charge on any atom is -0.181 e. The maximum absolute atomic E-state index is 8.43. The Morgan fingerprint density at radius 3 is 3.00 bits per heavy atom. The molecular formula is C10H10N+. The van der Waals surface area contributed by atoms with Crippen molar-refractivity contribution in [2.24, 2.45) is 0 Å². The van der Waals surface area contributed by atoms with E-state index < -0.39 is 0 Å². The maximum Gasteiger partial charge on any atom is 0.144 e. The fourth-order valence-corrected chi connectivity index (χ4v) is 0.985. The zero-order valence-electron chi connectivity index (χ0n) is 6.76. The fourth-order valence-electron chi connectivity index (χ4n) is 0.985. The monoisotopic (exact) mass is 144 g/mol. The Bertz CT molecular complexity index is 274. The van der Waals surface area contributed by atoms with Crippen molar-refractivity contribution in [3.05, 3.63) is 41.4 Å². The SMILES string of the molecule is CC1=CC(=CC#N)[C+](C)C=C1. The Kier molecular flexibility index (Phi) is 2.18. The lowest BCUT2D eigenvalue weighted by Crippen LogP contribution is -1.95. The quantitative estimate of drug-likeness (QED) is 0.378. The van der Waals surface area contributed by atoms with Crippen LogP contribution in [0.15, 0.2) is 35.5 Å². The Morgan fingerprint density at radius 1 is 1.64 bits per heavy atom. The molecule has 0 radical (unpaired) electrons. The van der Waals surface area contributed by atoms with Gasteiger partial charge < -0.3 is 0 Å². The van der Waals surface area contributed by atoms with Crippen molar-refractivity contribution in [2.45, 2.75) is 13.8 Å². The first-order valence-electron chi connectivity index (χ1n) is 3.54. The molecule has 1 aliphatic carbocycles. The second kappa shape index (κ2) is 3.12. The summed E-state index contributed by atoms with van der Waals surface area (Å²) in [6, 6.07) is 2.03. The first kappa shape index (κ1) is 7.68. The highest BCUT2D eigenvalue weighted by Gasteiger charge is 2.14. The molecule has 0 atom stereocenters. The molecule has 0 amide bonds. The Labute approximate surface area is 67.3 Å². The summed E-state index contributed by atoms with van der Waals surface area (Å²) in [4.78, 5) is 0. The van der Waals surface area contributed by atoms with E-state index in [0.717, 1.165) is 11.5 Å². The number of nitrogens with zero attached hydrogens (tertiary/aromatic N) is 1. The lowest BCUT2D eigenvalue weighted by atomic mass is 9.93. The lowest BCUT2D eigenvalue weighted by molar-refractivity contribution is 1.21. The molecule has 0 aromatic rings. The van der Waals surface area contributed by atoms with Crippen molar-refractivity contribution >= 4 is 0 Å². The Morgan fingerprint density at radius 2 is 2.36 bits per heavy atom. The molecule has 54 valence electrons. The van der Waals surface area contributed by atoms with Crippen LogP contribution in [-0.2, 0) is 0 Å². The van der Waals surface area contributed by atoms with E-state index in [4.69, 9.17) is 5.26 Å². The highest BCUT2D eigenvalue weighted by Crippen LogP contribution is 2.22. The van der Waals surface area contributed by atoms with Crippen molar-refractivity contribution < 1.29 is 0 Å². The van der Waals surface area contributed by atoms with E-state index in [1.807, 2.05) is 38.1 Å². The second-order valence-corrected chi connectivity index (χ2v) is 2.63. The van der Waals surface area contributed by atoms with E-state index in [9.17, 15) is 0 Å². The molecule has 0 saturated heterocycles. The molecule has 0 aliphatic heterocycles. The third-order valence-electron chi connectivity index (χ3n) is 1.65. The zero-order chi connectivity index (χ0) is 8.27. The molecule has 0 unspecified atom stereocenters. The van der Waals surface area contributed by atoms with E-state index >= 15 is 0 Å². The second-order valence-electron chi connectivity index (χ2n) is 2.63. The molecule has 0 aromatic carbocycles. The summed E-state index contributed by atoms with van der Waals surface area (Å²) in [6.45, 7) is 4.02. The summed E-state index contributed by atoms with van der Waals surface area (Å²) in [6.07, 6.45) is 7.66. The van der Waals surface area contributed by atoms with E-state index in [0.29, 0.717) is 0 Å². The number of hydrogen-bond acceptors (Lipinski definition) is 1. The van der Waals surface area contributed by atoms with Gasteiger partial charge in [0.1, 0.15) is 17.7 Å². The molecular weight excluding hydrogens is 134 g/mol. The lowest BCUT2D eigenvalue weighted by Gasteiger charge is -2.03. The third-order valence-corrected chi connectivity index (χ3v) is 1.65. The average molecular weight is 144 g/mol. The van der Waals surface area contributed by atoms with Crippen LogP contribution in [0.25, 0.3) is 0 Å². The number of hydrogen-bond donors (Lipinski definition) is 0. The van der Waals surface area contributed by atoms with Crippen molar-refractivity contribution in [3.8, 4) is 6.07 Å². The van der Waals surface area contributed by atoms with Gasteiger partial charge >= 0.3 is 0 Å². The predicted octanol–water partition coefficient (Wildman–Crippen LogP) is 2.55. The zero-order valence-corrected chi connectivity index (χ0v) is 6.76. The van der Waals surface area contributed by atoms with Crippen LogP contribution in [0.2, 0.25) is 0 Å². The van der Waals surface area contributed by atoms with Crippen LogP contribution in [0.3, 0.4) is 0 Å². The number of nitriles is 1. The van der Waals surface area contributed by atoms with Gasteiger partial charge in [0.2, 0.25) is 0 Å². The number of rotatable bonds is 0. The van der Waals surface area contributed by atoms with Gasteiger partial charge in [-0.15, -0.1) is 0 Å². The van der Waals surface area contributed by atoms with Crippen LogP contribution >= 0.6 is 0 Å². The largest absolute Gasteiger partial charge is 0.181 e. The van der Waals surface area contributed by atoms with Crippen LogP contribution in [-0.4, -0.2) is 0 Å². The summed E-state index contributed by atoms with van der Waals surface area (Å²) in [5.74, 6) is 1.15. The van der Waals surface area contributed by atoms with Crippen molar-refractivity contribution in [3.63, 3.8) is 0 Å². The molecule has 0 heterocycles. The summed E-state index contributed by atoms with van der Waals surface area (Å²) >= 11 is 0. The molecule has 1 rings (SSSR count). The van der Waals surface area contributed by atoms with Crippen molar-refractivity contribution in [1.29, 1.82) is 5.26 Å². The van der Waals surface area contributed by atoms with Gasteiger partial charge in [0.15, 0.2) is 0 Å². The average Bonchev–Trinajstić information content (AvgIpc) is 1.98. The van der Waals surface area contributed by atoms with E-state index in [2.05, 4.69) is 0 Å². The molecule has 1 heteroatoms. The number of allylic oxidation sites excluding steroid dienone is 6. The predicted molar refractivity (Wildman–Crippen MR) is 45.5 cm³/mol. The summed E-state index contributed by atoms with van der Waals surface area (Å²) in [5.41, 5.74) is 2.21. The van der Waals surface area contributed by atoms with E-state index in [1.165, 1.54) is 5.57 Å². The normalized spacial score (nSPS) is 19.9. The Balaban J connectivity index is 2.92. The van der Waals surface area contributed by atoms with E-state index in [1.54, 1.807) is 6.08 Å². The highest BCUT2D eigenvalue weighted by molar-refractivity contribution is 5.50. The molecule has 0 bridgehead atoms. The van der Waals surface area contributed by atoms with Gasteiger partial charge in [0.05, 0.1) is 0 Å². The van der Waals surface area contributed by atoms with Crippen LogP contribution in [0, 0.1) is 17.2 Å². The van der Waals surface area contributed by atoms with Crippen LogP contribution in [0.5, 0.6) is 0 Å². The van der Waals surface area contributed by atoms with Crippen LogP contribution in [0.1, 0.15) is 13.8 Å². The minimum absolute atomic E-state index is 1.02. The van der Waals surface area contributed by atoms with Crippen molar-refractivity contribution in [1.82, 2.24) is 0 Å². The summed E-state index contributed by atoms with van der Waals surface area (Å²) < 4.78 is 0. The first-order chi connectivity index (χ1) is 5.24. The minimum atomic E-state index is 1.02. The summed E-state index contributed by atoms with van der Waals surface area (Å²) in [5, 5.41) is 8.43. The molecule has 0 N–H and O–H groups in total. The Hall–Kier alpha value is -1.42. The van der Waals surface area contributed by atoms with Crippen LogP contribution in [0.4, 0.5) is 0 Å². The van der Waals surface area contributed by atoms with Gasteiger partial charge in [-0.2, -0.15) is 5.26 Å². The van der Waals surface area contributed by atoms with Gasteiger partial charge in [-0.1, -0.05) is 0 Å². The molecule has 11 heavy (non-hydrogen) atoms. The third kappa shape index (κ3) is 1.75. The summed E-state index contributed by atoms with van der Waals surface area (Å²) in [7, 11) is 0. The van der Waals surface area contributed by atoms with Gasteiger partial charge in [0.25, 0.3) is 0 Å². The first-order valence-corrected chi connectivity index (χ1v) is 3.54. The molecule has 1 nitrogen and oxygen atoms in total. The van der Waals surface area contributed by atoms with Gasteiger partial charge in [-0.25, -0.2) is 0 Å². The standard InChI is InChI=1S/C10H10N/c1-8-3-4-9(2)10(7-8)5-6-11/h3-5,7H,1-2H3/q+1. The molecule has 0 saturated carbocycles.